The molecular weight excluding hydrogens is 436 g/mol. The summed E-state index contributed by atoms with van der Waals surface area (Å²) in [6, 6.07) is 5.82. The second-order valence-electron chi connectivity index (χ2n) is 8.44. The molecule has 10 nitrogen and oxygen atoms in total. The summed E-state index contributed by atoms with van der Waals surface area (Å²) in [4.78, 5) is 56.6. The van der Waals surface area contributed by atoms with Gasteiger partial charge in [0.15, 0.2) is 0 Å². The van der Waals surface area contributed by atoms with Gasteiger partial charge in [-0.05, 0) is 18.4 Å². The maximum absolute atomic E-state index is 13.2. The van der Waals surface area contributed by atoms with Gasteiger partial charge in [0, 0.05) is 24.7 Å². The van der Waals surface area contributed by atoms with Crippen molar-refractivity contribution in [3.05, 3.63) is 54.1 Å². The predicted molar refractivity (Wildman–Crippen MR) is 127 cm³/mol. The molecule has 2 rings (SSSR count). The lowest BCUT2D eigenvalue weighted by atomic mass is 9.96. The summed E-state index contributed by atoms with van der Waals surface area (Å²) in [5.41, 5.74) is 7.58. The fourth-order valence-corrected chi connectivity index (χ4v) is 3.37. The van der Waals surface area contributed by atoms with Gasteiger partial charge in [0.1, 0.15) is 18.4 Å². The van der Waals surface area contributed by atoms with Crippen LogP contribution in [0.4, 0.5) is 0 Å². The molecule has 0 aliphatic heterocycles. The molecule has 3 amide bonds. The molecule has 0 fully saturated rings. The zero-order chi connectivity index (χ0) is 25.1. The van der Waals surface area contributed by atoms with Crippen molar-refractivity contribution in [1.29, 1.82) is 0 Å². The van der Waals surface area contributed by atoms with Crippen LogP contribution in [-0.4, -0.2) is 58.1 Å². The number of nitrogens with two attached hydrogens (primary N) is 1. The van der Waals surface area contributed by atoms with E-state index >= 15 is 0 Å². The monoisotopic (exact) mass is 470 g/mol. The second-order valence-corrected chi connectivity index (χ2v) is 8.44. The Hall–Kier alpha value is -3.53. The number of aromatic nitrogens is 2. The molecular formula is C24H34N6O4. The lowest BCUT2D eigenvalue weighted by Crippen LogP contribution is -2.58. The Morgan fingerprint density at radius 2 is 1.74 bits per heavy atom. The number of amides is 3. The summed E-state index contributed by atoms with van der Waals surface area (Å²) in [6.07, 6.45) is 4.78. The van der Waals surface area contributed by atoms with Crippen molar-refractivity contribution < 1.29 is 19.2 Å². The highest BCUT2D eigenvalue weighted by Crippen LogP contribution is 2.11. The van der Waals surface area contributed by atoms with Crippen LogP contribution in [0.25, 0.3) is 0 Å². The Morgan fingerprint density at radius 1 is 1.03 bits per heavy atom. The van der Waals surface area contributed by atoms with E-state index in [0.29, 0.717) is 18.4 Å². The lowest BCUT2D eigenvalue weighted by Gasteiger charge is -2.27. The Kier molecular flexibility index (Phi) is 10.4. The SMILES string of the molecule is CC[C@H](C)[C@H](NC(=O)[C@@H](N)Cc1cnc[nH]1)C(=O)N[C@@H](Cc1ccccc1)C(=O)N[C@@H](C)C=O. The van der Waals surface area contributed by atoms with Crippen molar-refractivity contribution in [3.63, 3.8) is 0 Å². The average molecular weight is 471 g/mol. The van der Waals surface area contributed by atoms with Crippen molar-refractivity contribution in [2.45, 2.75) is 64.2 Å². The van der Waals surface area contributed by atoms with Crippen molar-refractivity contribution in [1.82, 2.24) is 25.9 Å². The van der Waals surface area contributed by atoms with Crippen LogP contribution in [0, 0.1) is 5.92 Å². The number of nitrogens with zero attached hydrogens (tertiary/aromatic N) is 1. The minimum absolute atomic E-state index is 0.211. The van der Waals surface area contributed by atoms with Gasteiger partial charge >= 0.3 is 0 Å². The Balaban J connectivity index is 2.15. The largest absolute Gasteiger partial charge is 0.348 e. The van der Waals surface area contributed by atoms with Crippen LogP contribution in [-0.2, 0) is 32.0 Å². The first-order chi connectivity index (χ1) is 16.2. The molecule has 2 aromatic rings. The van der Waals surface area contributed by atoms with E-state index < -0.39 is 41.9 Å². The van der Waals surface area contributed by atoms with Crippen LogP contribution in [0.2, 0.25) is 0 Å². The van der Waals surface area contributed by atoms with Crippen LogP contribution in [0.3, 0.4) is 0 Å². The minimum atomic E-state index is -0.931. The van der Waals surface area contributed by atoms with Crippen LogP contribution in [0.15, 0.2) is 42.9 Å². The quantitative estimate of drug-likeness (QED) is 0.264. The standard InChI is InChI=1S/C24H34N6O4/c1-4-15(2)21(30-22(32)19(25)11-18-12-26-14-27-18)24(34)29-20(23(33)28-16(3)13-31)10-17-8-6-5-7-9-17/h5-9,12-16,19-21H,4,10-11,25H2,1-3H3,(H,26,27)(H,28,33)(H,29,34)(H,30,32)/t15-,16-,19-,20-,21-/m0/s1. The second kappa shape index (κ2) is 13.2. The van der Waals surface area contributed by atoms with E-state index in [9.17, 15) is 19.2 Å². The maximum Gasteiger partial charge on any atom is 0.243 e. The van der Waals surface area contributed by atoms with Crippen molar-refractivity contribution >= 4 is 24.0 Å². The van der Waals surface area contributed by atoms with Crippen LogP contribution in [0.5, 0.6) is 0 Å². The molecule has 0 bridgehead atoms. The molecule has 1 heterocycles. The smallest absolute Gasteiger partial charge is 0.243 e. The fraction of sp³-hybridized carbons (Fsp3) is 0.458. The molecule has 0 spiro atoms. The first-order valence-electron chi connectivity index (χ1n) is 11.4. The van der Waals surface area contributed by atoms with E-state index in [1.54, 1.807) is 13.1 Å². The molecule has 10 heteroatoms. The normalized spacial score (nSPS) is 15.3. The van der Waals surface area contributed by atoms with Gasteiger partial charge in [0.25, 0.3) is 0 Å². The van der Waals surface area contributed by atoms with Gasteiger partial charge in [-0.3, -0.25) is 14.4 Å². The van der Waals surface area contributed by atoms with Gasteiger partial charge in [0.05, 0.1) is 18.4 Å². The number of carbonyl (C=O) groups is 4. The number of carbonyl (C=O) groups excluding carboxylic acids is 4. The van der Waals surface area contributed by atoms with Crippen molar-refractivity contribution in [2.75, 3.05) is 0 Å². The topological polar surface area (TPSA) is 159 Å². The molecule has 5 atom stereocenters. The van der Waals surface area contributed by atoms with E-state index in [-0.39, 0.29) is 18.8 Å². The summed E-state index contributed by atoms with van der Waals surface area (Å²) < 4.78 is 0. The maximum atomic E-state index is 13.2. The van der Waals surface area contributed by atoms with Gasteiger partial charge in [-0.15, -0.1) is 0 Å². The number of aldehydes is 1. The number of H-pyrrole nitrogens is 1. The zero-order valence-electron chi connectivity index (χ0n) is 19.8. The molecule has 1 aromatic carbocycles. The third kappa shape index (κ3) is 8.11. The number of hydrogen-bond donors (Lipinski definition) is 5. The third-order valence-electron chi connectivity index (χ3n) is 5.61. The first kappa shape index (κ1) is 26.7. The summed E-state index contributed by atoms with van der Waals surface area (Å²) in [6.45, 7) is 5.29. The summed E-state index contributed by atoms with van der Waals surface area (Å²) in [7, 11) is 0. The number of rotatable bonds is 13. The van der Waals surface area contributed by atoms with E-state index in [2.05, 4.69) is 25.9 Å². The lowest BCUT2D eigenvalue weighted by molar-refractivity contribution is -0.133. The highest BCUT2D eigenvalue weighted by atomic mass is 16.2. The van der Waals surface area contributed by atoms with Crippen LogP contribution in [0.1, 0.15) is 38.4 Å². The van der Waals surface area contributed by atoms with E-state index in [4.69, 9.17) is 5.73 Å². The highest BCUT2D eigenvalue weighted by Gasteiger charge is 2.31. The highest BCUT2D eigenvalue weighted by molar-refractivity contribution is 5.93. The molecule has 1 aromatic heterocycles. The molecule has 0 unspecified atom stereocenters. The molecule has 0 radical (unpaired) electrons. The van der Waals surface area contributed by atoms with Crippen molar-refractivity contribution in [2.24, 2.45) is 11.7 Å². The van der Waals surface area contributed by atoms with Gasteiger partial charge in [-0.2, -0.15) is 0 Å². The first-order valence-corrected chi connectivity index (χ1v) is 11.4. The van der Waals surface area contributed by atoms with Gasteiger partial charge in [0.2, 0.25) is 17.7 Å². The molecule has 184 valence electrons. The molecule has 0 saturated carbocycles. The predicted octanol–water partition coefficient (Wildman–Crippen LogP) is 0.242. The number of nitrogens with one attached hydrogen (secondary N) is 4. The Bertz CT molecular complexity index is 934. The van der Waals surface area contributed by atoms with Crippen LogP contribution < -0.4 is 21.7 Å². The molecule has 0 aliphatic carbocycles. The van der Waals surface area contributed by atoms with Gasteiger partial charge in [-0.25, -0.2) is 4.98 Å². The molecule has 34 heavy (non-hydrogen) atoms. The minimum Gasteiger partial charge on any atom is -0.348 e. The summed E-state index contributed by atoms with van der Waals surface area (Å²) in [5, 5.41) is 8.09. The molecule has 6 N–H and O–H groups in total. The van der Waals surface area contributed by atoms with Gasteiger partial charge in [-0.1, -0.05) is 50.6 Å². The summed E-state index contributed by atoms with van der Waals surface area (Å²) in [5.74, 6) is -1.67. The molecule has 0 saturated heterocycles. The Morgan fingerprint density at radius 3 is 2.32 bits per heavy atom. The molecule has 0 aliphatic rings. The zero-order valence-corrected chi connectivity index (χ0v) is 19.8. The van der Waals surface area contributed by atoms with E-state index in [0.717, 1.165) is 5.56 Å². The number of aromatic amines is 1. The summed E-state index contributed by atoms with van der Waals surface area (Å²) >= 11 is 0. The number of imidazole rings is 1. The Labute approximate surface area is 199 Å². The third-order valence-corrected chi connectivity index (χ3v) is 5.61. The fourth-order valence-electron chi connectivity index (χ4n) is 3.37. The number of hydrogen-bond acceptors (Lipinski definition) is 6. The van der Waals surface area contributed by atoms with Gasteiger partial charge < -0.3 is 31.5 Å². The van der Waals surface area contributed by atoms with E-state index in [1.807, 2.05) is 44.2 Å². The average Bonchev–Trinajstić information content (AvgIpc) is 3.34. The van der Waals surface area contributed by atoms with Crippen LogP contribution >= 0.6 is 0 Å². The number of benzene rings is 1. The van der Waals surface area contributed by atoms with Crippen molar-refractivity contribution in [3.8, 4) is 0 Å². The van der Waals surface area contributed by atoms with E-state index in [1.165, 1.54) is 6.33 Å².